The van der Waals surface area contributed by atoms with Gasteiger partial charge < -0.3 is 0 Å². The van der Waals surface area contributed by atoms with Crippen LogP contribution in [0.15, 0.2) is 9.47 Å². The van der Waals surface area contributed by atoms with Gasteiger partial charge in [-0.1, -0.05) is 31.9 Å². The first-order chi connectivity index (χ1) is 2.27. The Morgan fingerprint density at radius 2 is 2.00 bits per heavy atom. The predicted molar refractivity (Wildman–Crippen MR) is 31.6 cm³/mol. The molecule has 0 aliphatic rings. The third kappa shape index (κ3) is 4.70. The molecule has 0 fully saturated rings. The van der Waals surface area contributed by atoms with E-state index < -0.39 is 0 Å². The van der Waals surface area contributed by atoms with Crippen molar-refractivity contribution < 1.29 is 0 Å². The maximum atomic E-state index is 3.19. The summed E-state index contributed by atoms with van der Waals surface area (Å²) in [5.41, 5.74) is 0. The Morgan fingerprint density at radius 1 is 1.80 bits per heavy atom. The van der Waals surface area contributed by atoms with E-state index >= 15 is 0 Å². The lowest BCUT2D eigenvalue weighted by Crippen LogP contribution is -1.39. The zero-order chi connectivity index (χ0) is 4.28. The molecule has 0 unspecified atom stereocenters. The Kier molecular flexibility index (Phi) is 3.32. The van der Waals surface area contributed by atoms with Crippen LogP contribution in [0.4, 0.5) is 0 Å². The van der Waals surface area contributed by atoms with Crippen LogP contribution in [-0.2, 0) is 0 Å². The third-order valence-corrected chi connectivity index (χ3v) is 1.68. The summed E-state index contributed by atoms with van der Waals surface area (Å²) in [5, 5.41) is 0. The molecule has 0 rings (SSSR count). The Morgan fingerprint density at radius 3 is 2.00 bits per heavy atom. The lowest BCUT2D eigenvalue weighted by Gasteiger charge is -1.69. The van der Waals surface area contributed by atoms with Crippen molar-refractivity contribution in [2.75, 3.05) is 0 Å². The van der Waals surface area contributed by atoms with Gasteiger partial charge in [-0.15, -0.1) is 0 Å². The van der Waals surface area contributed by atoms with Crippen molar-refractivity contribution in [3.63, 3.8) is 0 Å². The molecular formula is C3H4Br2. The van der Waals surface area contributed by atoms with Crippen molar-refractivity contribution in [2.24, 2.45) is 0 Å². The first-order valence-electron chi connectivity index (χ1n) is 1.20. The molecule has 0 heterocycles. The molecule has 0 aliphatic heterocycles. The fourth-order valence-corrected chi connectivity index (χ4v) is 0. The summed E-state index contributed by atoms with van der Waals surface area (Å²) >= 11 is 6.29. The van der Waals surface area contributed by atoms with Crippen LogP contribution in [0.5, 0.6) is 0 Å². The van der Waals surface area contributed by atoms with Gasteiger partial charge in [0, 0.05) is 0 Å². The summed E-state index contributed by atoms with van der Waals surface area (Å²) < 4.78 is 1.11. The fourth-order valence-electron chi connectivity index (χ4n) is 0. The highest BCUT2D eigenvalue weighted by Gasteiger charge is 1.65. The molecule has 0 aromatic carbocycles. The number of hydrogen-bond acceptors (Lipinski definition) is 0. The first kappa shape index (κ1) is 5.70. The molecule has 0 atom stereocenters. The van der Waals surface area contributed by atoms with Crippen molar-refractivity contribution in [3.05, 3.63) is 9.47 Å². The van der Waals surface area contributed by atoms with Gasteiger partial charge in [0.2, 0.25) is 0 Å². The third-order valence-electron chi connectivity index (χ3n) is 0.150. The van der Waals surface area contributed by atoms with Crippen LogP contribution >= 0.6 is 31.9 Å². The second-order valence-electron chi connectivity index (χ2n) is 0.696. The molecule has 0 nitrogen and oxygen atoms in total. The zero-order valence-corrected chi connectivity index (χ0v) is 6.01. The van der Waals surface area contributed by atoms with Crippen LogP contribution in [0.1, 0.15) is 6.92 Å². The Hall–Kier alpha value is 0.700. The molecule has 0 saturated carbocycles. The van der Waals surface area contributed by atoms with Crippen molar-refractivity contribution in [1.82, 2.24) is 0 Å². The Labute approximate surface area is 48.5 Å². The second kappa shape index (κ2) is 2.91. The molecule has 0 aromatic rings. The van der Waals surface area contributed by atoms with Crippen molar-refractivity contribution >= 4 is 31.9 Å². The lowest BCUT2D eigenvalue weighted by atomic mass is 10.8. The highest BCUT2D eigenvalue weighted by atomic mass is 79.9. The van der Waals surface area contributed by atoms with Gasteiger partial charge >= 0.3 is 0 Å². The molecule has 2 heteroatoms. The summed E-state index contributed by atoms with van der Waals surface area (Å²) in [5.74, 6) is 0. The molecule has 0 amide bonds. The molecule has 0 saturated heterocycles. The summed E-state index contributed by atoms with van der Waals surface area (Å²) in [6, 6.07) is 0. The lowest BCUT2D eigenvalue weighted by molar-refractivity contribution is 1.75. The van der Waals surface area contributed by atoms with E-state index in [0.29, 0.717) is 0 Å². The van der Waals surface area contributed by atoms with E-state index in [1.54, 1.807) is 0 Å². The number of hydrogen-bond donors (Lipinski definition) is 0. The number of halogens is 2. The topological polar surface area (TPSA) is 0 Å². The van der Waals surface area contributed by atoms with E-state index in [9.17, 15) is 0 Å². The number of rotatable bonds is 0. The minimum absolute atomic E-state index is 1.11. The molecule has 0 bridgehead atoms. The molecule has 0 radical (unpaired) electrons. The van der Waals surface area contributed by atoms with Crippen LogP contribution in [0.25, 0.3) is 0 Å². The van der Waals surface area contributed by atoms with Crippen LogP contribution < -0.4 is 0 Å². The van der Waals surface area contributed by atoms with E-state index in [-0.39, 0.29) is 0 Å². The van der Waals surface area contributed by atoms with Gasteiger partial charge in [0.25, 0.3) is 0 Å². The summed E-state index contributed by atoms with van der Waals surface area (Å²) in [6.07, 6.45) is 0. The fraction of sp³-hybridized carbons (Fsp3) is 0.333. The minimum atomic E-state index is 1.11. The van der Waals surface area contributed by atoms with E-state index in [0.717, 1.165) is 4.48 Å². The van der Waals surface area contributed by atoms with Gasteiger partial charge in [-0.25, -0.2) is 0 Å². The summed E-state index contributed by atoms with van der Waals surface area (Å²) in [7, 11) is 0. The van der Waals surface area contributed by atoms with Gasteiger partial charge in [0.1, 0.15) is 0 Å². The largest absolute Gasteiger partial charge is 0.0586 e. The maximum Gasteiger partial charge on any atom is -0.00113 e. The van der Waals surface area contributed by atoms with E-state index in [2.05, 4.69) is 31.9 Å². The monoisotopic (exact) mass is 198 g/mol. The smallest absolute Gasteiger partial charge is 0.00113 e. The van der Waals surface area contributed by atoms with E-state index in [4.69, 9.17) is 0 Å². The van der Waals surface area contributed by atoms with Gasteiger partial charge in [-0.05, 0) is 16.4 Å². The average molecular weight is 200 g/mol. The minimum Gasteiger partial charge on any atom is -0.0586 e. The molecule has 0 aromatic heterocycles. The normalized spacial score (nSPS) is 12.2. The summed E-state index contributed by atoms with van der Waals surface area (Å²) in [6.45, 7) is 1.95. The van der Waals surface area contributed by atoms with Crippen molar-refractivity contribution in [1.29, 1.82) is 0 Å². The standard InChI is InChI=1S/C3H4Br2/c1-3(5)2-4/h2H,1H3/b3-2-. The van der Waals surface area contributed by atoms with E-state index in [1.807, 2.05) is 11.9 Å². The molecule has 0 spiro atoms. The predicted octanol–water partition coefficient (Wildman–Crippen LogP) is 2.64. The second-order valence-corrected chi connectivity index (χ2v) is 2.40. The Bertz CT molecular complexity index is 42.9. The van der Waals surface area contributed by atoms with Gasteiger partial charge in [-0.3, -0.25) is 0 Å². The molecule has 5 heavy (non-hydrogen) atoms. The van der Waals surface area contributed by atoms with Gasteiger partial charge in [0.05, 0.1) is 0 Å². The molecule has 0 aliphatic carbocycles. The zero-order valence-electron chi connectivity index (χ0n) is 2.83. The Balaban J connectivity index is 3.14. The number of allylic oxidation sites excluding steroid dienone is 1. The van der Waals surface area contributed by atoms with Crippen molar-refractivity contribution in [3.8, 4) is 0 Å². The maximum absolute atomic E-state index is 3.19. The first-order valence-corrected chi connectivity index (χ1v) is 2.90. The van der Waals surface area contributed by atoms with Gasteiger partial charge in [0.15, 0.2) is 0 Å². The molecule has 0 N–H and O–H groups in total. The summed E-state index contributed by atoms with van der Waals surface area (Å²) in [4.78, 5) is 1.81. The van der Waals surface area contributed by atoms with Crippen LogP contribution in [-0.4, -0.2) is 0 Å². The SMILES string of the molecule is C/C(Br)=C/Br. The quantitative estimate of drug-likeness (QED) is 0.563. The van der Waals surface area contributed by atoms with E-state index in [1.165, 1.54) is 0 Å². The molecule has 30 valence electrons. The van der Waals surface area contributed by atoms with Crippen LogP contribution in [0.2, 0.25) is 0 Å². The average Bonchev–Trinajstić information content (AvgIpc) is 1.38. The highest BCUT2D eigenvalue weighted by molar-refractivity contribution is 9.14. The highest BCUT2D eigenvalue weighted by Crippen LogP contribution is 2.03. The van der Waals surface area contributed by atoms with Crippen molar-refractivity contribution in [2.45, 2.75) is 6.92 Å². The van der Waals surface area contributed by atoms with Gasteiger partial charge in [-0.2, -0.15) is 0 Å². The van der Waals surface area contributed by atoms with Crippen LogP contribution in [0, 0.1) is 0 Å². The molecular weight excluding hydrogens is 196 g/mol. The van der Waals surface area contributed by atoms with Crippen LogP contribution in [0.3, 0.4) is 0 Å².